The molecule has 1 aliphatic rings. The Hall–Kier alpha value is -3.80. The number of aryl methyl sites for hydroxylation is 3. The van der Waals surface area contributed by atoms with E-state index in [0.29, 0.717) is 17.1 Å². The molecule has 5 rings (SSSR count). The van der Waals surface area contributed by atoms with Crippen LogP contribution in [0.25, 0.3) is 11.0 Å². The number of carbonyl (C=O) groups excluding carboxylic acids is 1. The van der Waals surface area contributed by atoms with E-state index in [2.05, 4.69) is 35.0 Å². The summed E-state index contributed by atoms with van der Waals surface area (Å²) in [5, 5.41) is 2.93. The number of aromatic nitrogens is 2. The molecule has 0 spiro atoms. The Balaban J connectivity index is 1.24. The Bertz CT molecular complexity index is 1240. The maximum atomic E-state index is 12.5. The zero-order chi connectivity index (χ0) is 21.2. The summed E-state index contributed by atoms with van der Waals surface area (Å²) in [6, 6.07) is 21.4. The molecule has 6 nitrogen and oxygen atoms in total. The predicted molar refractivity (Wildman–Crippen MR) is 120 cm³/mol. The summed E-state index contributed by atoms with van der Waals surface area (Å²) < 4.78 is 12.9. The second-order valence-corrected chi connectivity index (χ2v) is 7.48. The zero-order valence-corrected chi connectivity index (χ0v) is 17.3. The smallest absolute Gasteiger partial charge is 0.255 e. The summed E-state index contributed by atoms with van der Waals surface area (Å²) in [5.74, 6) is 2.19. The Morgan fingerprint density at radius 2 is 1.81 bits per heavy atom. The molecule has 1 aliphatic heterocycles. The fraction of sp³-hybridized carbons (Fsp3) is 0.200. The van der Waals surface area contributed by atoms with Crippen molar-refractivity contribution in [3.63, 3.8) is 0 Å². The lowest BCUT2D eigenvalue weighted by Crippen LogP contribution is -2.11. The van der Waals surface area contributed by atoms with Gasteiger partial charge in [0.05, 0.1) is 11.0 Å². The maximum absolute atomic E-state index is 12.5. The molecule has 0 radical (unpaired) electrons. The van der Waals surface area contributed by atoms with Gasteiger partial charge >= 0.3 is 0 Å². The predicted octanol–water partition coefficient (Wildman–Crippen LogP) is 4.82. The van der Waals surface area contributed by atoms with Gasteiger partial charge in [0, 0.05) is 24.2 Å². The molecule has 1 N–H and O–H groups in total. The molecule has 156 valence electrons. The van der Waals surface area contributed by atoms with Gasteiger partial charge in [0.1, 0.15) is 5.82 Å². The van der Waals surface area contributed by atoms with Crippen molar-refractivity contribution in [3.05, 3.63) is 83.7 Å². The Morgan fingerprint density at radius 1 is 1.00 bits per heavy atom. The van der Waals surface area contributed by atoms with Crippen LogP contribution in [0.4, 0.5) is 5.69 Å². The maximum Gasteiger partial charge on any atom is 0.255 e. The largest absolute Gasteiger partial charge is 0.454 e. The molecule has 0 unspecified atom stereocenters. The monoisotopic (exact) mass is 413 g/mol. The number of imidazole rings is 1. The van der Waals surface area contributed by atoms with E-state index in [-0.39, 0.29) is 12.7 Å². The molecular weight excluding hydrogens is 390 g/mol. The van der Waals surface area contributed by atoms with Crippen LogP contribution in [0.1, 0.15) is 28.7 Å². The Labute approximate surface area is 180 Å². The quantitative estimate of drug-likeness (QED) is 0.492. The minimum absolute atomic E-state index is 0.178. The summed E-state index contributed by atoms with van der Waals surface area (Å²) in [6.07, 6.45) is 1.76. The third kappa shape index (κ3) is 3.84. The van der Waals surface area contributed by atoms with E-state index in [1.807, 2.05) is 30.3 Å². The second kappa shape index (κ2) is 8.14. The topological polar surface area (TPSA) is 65.4 Å². The number of para-hydroxylation sites is 2. The molecule has 0 saturated heterocycles. The average molecular weight is 413 g/mol. The van der Waals surface area contributed by atoms with Crippen molar-refractivity contribution in [2.45, 2.75) is 26.3 Å². The first-order valence-electron chi connectivity index (χ1n) is 10.5. The van der Waals surface area contributed by atoms with E-state index in [1.165, 1.54) is 11.1 Å². The molecule has 0 saturated carbocycles. The number of amides is 1. The summed E-state index contributed by atoms with van der Waals surface area (Å²) in [5.41, 5.74) is 4.72. The molecule has 3 aromatic carbocycles. The molecule has 4 aromatic rings. The molecule has 0 atom stereocenters. The first-order valence-corrected chi connectivity index (χ1v) is 10.5. The van der Waals surface area contributed by atoms with Gasteiger partial charge in [0.2, 0.25) is 6.79 Å². The normalized spacial score (nSPS) is 12.3. The molecule has 2 heterocycles. The Morgan fingerprint density at radius 3 is 2.65 bits per heavy atom. The van der Waals surface area contributed by atoms with Gasteiger partial charge in [-0.1, -0.05) is 24.3 Å². The standard InChI is InChI=1S/C25H23N3O3/c1-2-28-21-6-4-3-5-20(21)27-24(28)14-9-17-7-11-19(12-8-17)26-25(29)18-10-13-22-23(15-18)31-16-30-22/h3-8,10-13,15H,2,9,14,16H2,1H3,(H,26,29). The minimum atomic E-state index is -0.178. The van der Waals surface area contributed by atoms with Crippen molar-refractivity contribution >= 4 is 22.6 Å². The van der Waals surface area contributed by atoms with Crippen molar-refractivity contribution in [3.8, 4) is 11.5 Å². The highest BCUT2D eigenvalue weighted by Gasteiger charge is 2.16. The average Bonchev–Trinajstić information content (AvgIpc) is 3.41. The third-order valence-corrected chi connectivity index (χ3v) is 5.53. The van der Waals surface area contributed by atoms with Gasteiger partial charge in [-0.25, -0.2) is 4.98 Å². The highest BCUT2D eigenvalue weighted by Crippen LogP contribution is 2.32. The zero-order valence-electron chi connectivity index (χ0n) is 17.3. The third-order valence-electron chi connectivity index (χ3n) is 5.53. The van der Waals surface area contributed by atoms with Crippen molar-refractivity contribution < 1.29 is 14.3 Å². The van der Waals surface area contributed by atoms with Crippen LogP contribution >= 0.6 is 0 Å². The highest BCUT2D eigenvalue weighted by molar-refractivity contribution is 6.04. The van der Waals surface area contributed by atoms with E-state index in [4.69, 9.17) is 14.5 Å². The molecule has 1 amide bonds. The lowest BCUT2D eigenvalue weighted by Gasteiger charge is -2.08. The molecule has 0 bridgehead atoms. The van der Waals surface area contributed by atoms with Crippen LogP contribution in [-0.2, 0) is 19.4 Å². The van der Waals surface area contributed by atoms with Crippen molar-refractivity contribution in [1.82, 2.24) is 9.55 Å². The lowest BCUT2D eigenvalue weighted by atomic mass is 10.1. The number of rotatable bonds is 6. The molecule has 31 heavy (non-hydrogen) atoms. The first kappa shape index (κ1) is 19.2. The van der Waals surface area contributed by atoms with Crippen molar-refractivity contribution in [1.29, 1.82) is 0 Å². The molecule has 0 fully saturated rings. The highest BCUT2D eigenvalue weighted by atomic mass is 16.7. The van der Waals surface area contributed by atoms with Crippen LogP contribution < -0.4 is 14.8 Å². The van der Waals surface area contributed by atoms with E-state index in [9.17, 15) is 4.79 Å². The van der Waals surface area contributed by atoms with Crippen molar-refractivity contribution in [2.75, 3.05) is 12.1 Å². The van der Waals surface area contributed by atoms with E-state index < -0.39 is 0 Å². The summed E-state index contributed by atoms with van der Waals surface area (Å²) in [7, 11) is 0. The van der Waals surface area contributed by atoms with Crippen molar-refractivity contribution in [2.24, 2.45) is 0 Å². The van der Waals surface area contributed by atoms with Gasteiger partial charge < -0.3 is 19.4 Å². The van der Waals surface area contributed by atoms with Gasteiger partial charge in [-0.2, -0.15) is 0 Å². The number of anilines is 1. The van der Waals surface area contributed by atoms with E-state index in [0.717, 1.165) is 36.4 Å². The molecular formula is C25H23N3O3. The fourth-order valence-corrected chi connectivity index (χ4v) is 3.92. The minimum Gasteiger partial charge on any atom is -0.454 e. The van der Waals surface area contributed by atoms with Gasteiger partial charge in [-0.15, -0.1) is 0 Å². The van der Waals surface area contributed by atoms with Gasteiger partial charge in [0.15, 0.2) is 11.5 Å². The van der Waals surface area contributed by atoms with Crippen LogP contribution in [0.15, 0.2) is 66.7 Å². The molecule has 6 heteroatoms. The van der Waals surface area contributed by atoms with Crippen LogP contribution in [0.3, 0.4) is 0 Å². The molecule has 0 aliphatic carbocycles. The van der Waals surface area contributed by atoms with Gasteiger partial charge in [0.25, 0.3) is 5.91 Å². The van der Waals surface area contributed by atoms with Crippen LogP contribution in [0.2, 0.25) is 0 Å². The SMILES string of the molecule is CCn1c(CCc2ccc(NC(=O)c3ccc4c(c3)OCO4)cc2)nc2ccccc21. The summed E-state index contributed by atoms with van der Waals surface area (Å²) >= 11 is 0. The lowest BCUT2D eigenvalue weighted by molar-refractivity contribution is 0.102. The number of benzene rings is 3. The summed E-state index contributed by atoms with van der Waals surface area (Å²) in [6.45, 7) is 3.24. The second-order valence-electron chi connectivity index (χ2n) is 7.48. The van der Waals surface area contributed by atoms with Gasteiger partial charge in [-0.05, 0) is 61.4 Å². The van der Waals surface area contributed by atoms with Crippen LogP contribution in [0, 0.1) is 0 Å². The van der Waals surface area contributed by atoms with E-state index in [1.54, 1.807) is 18.2 Å². The van der Waals surface area contributed by atoms with Crippen LogP contribution in [-0.4, -0.2) is 22.3 Å². The van der Waals surface area contributed by atoms with Crippen LogP contribution in [0.5, 0.6) is 11.5 Å². The number of hydrogen-bond donors (Lipinski definition) is 1. The number of carbonyl (C=O) groups is 1. The Kier molecular flexibility index (Phi) is 5.04. The molecule has 1 aromatic heterocycles. The number of hydrogen-bond acceptors (Lipinski definition) is 4. The van der Waals surface area contributed by atoms with Gasteiger partial charge in [-0.3, -0.25) is 4.79 Å². The van der Waals surface area contributed by atoms with E-state index >= 15 is 0 Å². The first-order chi connectivity index (χ1) is 15.2. The number of nitrogens with one attached hydrogen (secondary N) is 1. The number of ether oxygens (including phenoxy) is 2. The number of fused-ring (bicyclic) bond motifs is 2. The fourth-order valence-electron chi connectivity index (χ4n) is 3.92. The summed E-state index contributed by atoms with van der Waals surface area (Å²) in [4.78, 5) is 17.3. The number of nitrogens with zero attached hydrogens (tertiary/aromatic N) is 2.